The molecule has 0 radical (unpaired) electrons. The maximum absolute atomic E-state index is 6.26. The van der Waals surface area contributed by atoms with Crippen LogP contribution in [0.5, 0.6) is 0 Å². The lowest BCUT2D eigenvalue weighted by molar-refractivity contribution is 0.668. The van der Waals surface area contributed by atoms with Crippen LogP contribution in [0.2, 0.25) is 0 Å². The second kappa shape index (κ2) is 11.2. The van der Waals surface area contributed by atoms with Gasteiger partial charge in [0.05, 0.1) is 0 Å². The molecule has 242 valence electrons. The maximum Gasteiger partial charge on any atom is 0.164 e. The van der Waals surface area contributed by atoms with Gasteiger partial charge >= 0.3 is 0 Å². The summed E-state index contributed by atoms with van der Waals surface area (Å²) in [5.41, 5.74) is 8.39. The summed E-state index contributed by atoms with van der Waals surface area (Å²) in [6, 6.07) is 56.4. The standard InChI is InChI=1S/C47H27N3O2/c1-2-10-30-25-32(23-20-28(30)9-1)45-48-46(50-47(49-45)38-14-8-18-42-44(38)37-12-4-6-16-40(37)52-42)33-24-21-29-19-22-31(26-34(29)27-33)35-13-7-17-41-43(35)36-11-3-5-15-39(36)51-41/h1-27H. The van der Waals surface area contributed by atoms with E-state index in [-0.39, 0.29) is 0 Å². The van der Waals surface area contributed by atoms with E-state index in [0.717, 1.165) is 87.9 Å². The summed E-state index contributed by atoms with van der Waals surface area (Å²) in [7, 11) is 0. The van der Waals surface area contributed by atoms with Gasteiger partial charge in [0.15, 0.2) is 17.5 Å². The van der Waals surface area contributed by atoms with Gasteiger partial charge in [0, 0.05) is 38.2 Å². The highest BCUT2D eigenvalue weighted by molar-refractivity contribution is 6.13. The lowest BCUT2D eigenvalue weighted by Gasteiger charge is -2.11. The Labute approximate surface area is 297 Å². The molecule has 0 unspecified atom stereocenters. The van der Waals surface area contributed by atoms with Crippen LogP contribution in [0.3, 0.4) is 0 Å². The van der Waals surface area contributed by atoms with Gasteiger partial charge < -0.3 is 8.83 Å². The molecule has 0 spiro atoms. The molecular weight excluding hydrogens is 639 g/mol. The smallest absolute Gasteiger partial charge is 0.164 e. The third-order valence-corrected chi connectivity index (χ3v) is 10.1. The number of fused-ring (bicyclic) bond motifs is 8. The second-order valence-corrected chi connectivity index (χ2v) is 13.2. The highest BCUT2D eigenvalue weighted by atomic mass is 16.3. The highest BCUT2D eigenvalue weighted by Gasteiger charge is 2.19. The van der Waals surface area contributed by atoms with Gasteiger partial charge in [0.2, 0.25) is 0 Å². The van der Waals surface area contributed by atoms with Gasteiger partial charge in [-0.05, 0) is 75.1 Å². The van der Waals surface area contributed by atoms with Crippen LogP contribution in [0.15, 0.2) is 173 Å². The predicted octanol–water partition coefficient (Wildman–Crippen LogP) is 12.6. The van der Waals surface area contributed by atoms with E-state index in [9.17, 15) is 0 Å². The molecule has 0 fully saturated rings. The molecule has 0 saturated heterocycles. The predicted molar refractivity (Wildman–Crippen MR) is 211 cm³/mol. The number of rotatable bonds is 4. The molecule has 5 nitrogen and oxygen atoms in total. The van der Waals surface area contributed by atoms with Crippen LogP contribution in [0.25, 0.3) is 111 Å². The van der Waals surface area contributed by atoms with Crippen molar-refractivity contribution in [3.63, 3.8) is 0 Å². The summed E-state index contributed by atoms with van der Waals surface area (Å²) in [5, 5.41) is 8.78. The Morgan fingerprint density at radius 1 is 0.308 bits per heavy atom. The number of benzene rings is 8. The van der Waals surface area contributed by atoms with Gasteiger partial charge in [-0.15, -0.1) is 0 Å². The van der Waals surface area contributed by atoms with Crippen molar-refractivity contribution in [3.8, 4) is 45.3 Å². The van der Waals surface area contributed by atoms with Gasteiger partial charge in [-0.25, -0.2) is 15.0 Å². The zero-order chi connectivity index (χ0) is 34.2. The molecule has 11 rings (SSSR count). The largest absolute Gasteiger partial charge is 0.456 e. The number of furan rings is 2. The van der Waals surface area contributed by atoms with Gasteiger partial charge in [0.25, 0.3) is 0 Å². The number of hydrogen-bond donors (Lipinski definition) is 0. The van der Waals surface area contributed by atoms with Crippen molar-refractivity contribution >= 4 is 65.4 Å². The summed E-state index contributed by atoms with van der Waals surface area (Å²) in [6.45, 7) is 0. The van der Waals surface area contributed by atoms with E-state index >= 15 is 0 Å². The maximum atomic E-state index is 6.26. The molecule has 11 aromatic rings. The first-order valence-corrected chi connectivity index (χ1v) is 17.3. The SMILES string of the molecule is c1ccc2cc(-c3nc(-c4ccc5ccc(-c6cccc7oc8ccccc8c67)cc5c4)nc(-c4cccc5oc6ccccc6c45)n3)ccc2c1. The summed E-state index contributed by atoms with van der Waals surface area (Å²) in [4.78, 5) is 15.4. The molecule has 52 heavy (non-hydrogen) atoms. The lowest BCUT2D eigenvalue weighted by Crippen LogP contribution is -2.00. The minimum atomic E-state index is 0.595. The summed E-state index contributed by atoms with van der Waals surface area (Å²) >= 11 is 0. The van der Waals surface area contributed by atoms with E-state index in [1.54, 1.807) is 0 Å². The van der Waals surface area contributed by atoms with E-state index in [4.69, 9.17) is 23.8 Å². The molecular formula is C47H27N3O2. The minimum Gasteiger partial charge on any atom is -0.456 e. The summed E-state index contributed by atoms with van der Waals surface area (Å²) in [6.07, 6.45) is 0. The van der Waals surface area contributed by atoms with Crippen LogP contribution in [-0.2, 0) is 0 Å². The van der Waals surface area contributed by atoms with Crippen LogP contribution in [-0.4, -0.2) is 15.0 Å². The molecule has 0 amide bonds. The lowest BCUT2D eigenvalue weighted by atomic mass is 9.96. The van der Waals surface area contributed by atoms with Crippen LogP contribution >= 0.6 is 0 Å². The Hall–Kier alpha value is -7.11. The van der Waals surface area contributed by atoms with Crippen molar-refractivity contribution < 1.29 is 8.83 Å². The third kappa shape index (κ3) is 4.53. The molecule has 3 heterocycles. The fourth-order valence-electron chi connectivity index (χ4n) is 7.61. The third-order valence-electron chi connectivity index (χ3n) is 10.1. The van der Waals surface area contributed by atoms with Crippen molar-refractivity contribution in [3.05, 3.63) is 164 Å². The van der Waals surface area contributed by atoms with Crippen molar-refractivity contribution in [1.29, 1.82) is 0 Å². The molecule has 5 heteroatoms. The Balaban J connectivity index is 1.11. The van der Waals surface area contributed by atoms with Gasteiger partial charge in [0.1, 0.15) is 22.3 Å². The quantitative estimate of drug-likeness (QED) is 0.187. The van der Waals surface area contributed by atoms with Gasteiger partial charge in [-0.1, -0.05) is 121 Å². The van der Waals surface area contributed by atoms with Crippen molar-refractivity contribution in [2.75, 3.05) is 0 Å². The van der Waals surface area contributed by atoms with E-state index in [0.29, 0.717) is 17.5 Å². The zero-order valence-electron chi connectivity index (χ0n) is 27.7. The second-order valence-electron chi connectivity index (χ2n) is 13.2. The average Bonchev–Trinajstić information content (AvgIpc) is 3.79. The van der Waals surface area contributed by atoms with E-state index in [1.807, 2.05) is 48.5 Å². The first-order valence-electron chi connectivity index (χ1n) is 17.3. The van der Waals surface area contributed by atoms with Crippen LogP contribution in [0.1, 0.15) is 0 Å². The monoisotopic (exact) mass is 665 g/mol. The van der Waals surface area contributed by atoms with Crippen LogP contribution < -0.4 is 0 Å². The van der Waals surface area contributed by atoms with Crippen molar-refractivity contribution in [2.45, 2.75) is 0 Å². The number of aromatic nitrogens is 3. The highest BCUT2D eigenvalue weighted by Crippen LogP contribution is 2.39. The molecule has 0 aliphatic heterocycles. The van der Waals surface area contributed by atoms with Crippen LogP contribution in [0, 0.1) is 0 Å². The van der Waals surface area contributed by atoms with Crippen LogP contribution in [0.4, 0.5) is 0 Å². The van der Waals surface area contributed by atoms with E-state index < -0.39 is 0 Å². The molecule has 8 aromatic carbocycles. The molecule has 0 saturated carbocycles. The Morgan fingerprint density at radius 3 is 1.44 bits per heavy atom. The number of para-hydroxylation sites is 2. The average molecular weight is 666 g/mol. The molecule has 0 aliphatic rings. The molecule has 3 aromatic heterocycles. The minimum absolute atomic E-state index is 0.595. The molecule has 0 atom stereocenters. The van der Waals surface area contributed by atoms with Gasteiger partial charge in [-0.3, -0.25) is 0 Å². The summed E-state index contributed by atoms with van der Waals surface area (Å²) < 4.78 is 12.5. The normalized spacial score (nSPS) is 11.8. The molecule has 0 bridgehead atoms. The van der Waals surface area contributed by atoms with Crippen molar-refractivity contribution in [1.82, 2.24) is 15.0 Å². The Morgan fingerprint density at radius 2 is 0.769 bits per heavy atom. The number of hydrogen-bond acceptors (Lipinski definition) is 5. The van der Waals surface area contributed by atoms with E-state index in [1.165, 1.54) is 5.39 Å². The van der Waals surface area contributed by atoms with Crippen molar-refractivity contribution in [2.24, 2.45) is 0 Å². The topological polar surface area (TPSA) is 65.0 Å². The summed E-state index contributed by atoms with van der Waals surface area (Å²) in [5.74, 6) is 1.81. The van der Waals surface area contributed by atoms with E-state index in [2.05, 4.69) is 115 Å². The Bertz CT molecular complexity index is 3210. The Kier molecular flexibility index (Phi) is 6.18. The first kappa shape index (κ1) is 28.7. The molecule has 0 aliphatic carbocycles. The first-order chi connectivity index (χ1) is 25.7. The fourth-order valence-corrected chi connectivity index (χ4v) is 7.61. The van der Waals surface area contributed by atoms with Gasteiger partial charge in [-0.2, -0.15) is 0 Å². The zero-order valence-corrected chi connectivity index (χ0v) is 27.7. The fraction of sp³-hybridized carbons (Fsp3) is 0. The number of nitrogens with zero attached hydrogens (tertiary/aromatic N) is 3. The molecule has 0 N–H and O–H groups in total.